The maximum absolute atomic E-state index is 13.2. The minimum Gasteiger partial charge on any atom is -0.480 e. The van der Waals surface area contributed by atoms with Crippen LogP contribution in [-0.2, 0) is 30.4 Å². The monoisotopic (exact) mass is 493 g/mol. The van der Waals surface area contributed by atoms with Gasteiger partial charge < -0.3 is 37.6 Å². The highest BCUT2D eigenvalue weighted by Gasteiger charge is 2.32. The normalized spacial score (nSPS) is 15.3. The Balaban J connectivity index is 3.11. The molecule has 0 saturated heterocycles. The number of carbonyl (C=O) groups excluding carboxylic acids is 4. The first-order valence-corrected chi connectivity index (χ1v) is 11.2. The molecule has 12 heteroatoms. The largest absolute Gasteiger partial charge is 0.480 e. The Bertz CT molecular complexity index is 892. The predicted octanol–water partition coefficient (Wildman–Crippen LogP) is -1.60. The summed E-state index contributed by atoms with van der Waals surface area (Å²) in [4.78, 5) is 60.9. The molecule has 0 aromatic heterocycles. The SMILES string of the molecule is CC(C)CC(NC(=O)C(Cc1ccccc1)NC(=O)C(N)CC(N)=O)C(=O)NC(C(=O)O)C(C)O. The highest BCUT2D eigenvalue weighted by molar-refractivity contribution is 5.95. The van der Waals surface area contributed by atoms with Crippen LogP contribution in [0.25, 0.3) is 0 Å². The molecule has 0 saturated carbocycles. The van der Waals surface area contributed by atoms with E-state index < -0.39 is 66.3 Å². The molecular formula is C23H35N5O7. The van der Waals surface area contributed by atoms with Gasteiger partial charge in [0.15, 0.2) is 6.04 Å². The van der Waals surface area contributed by atoms with Crippen LogP contribution in [-0.4, -0.2) is 70.1 Å². The minimum atomic E-state index is -1.57. The Morgan fingerprint density at radius 3 is 1.91 bits per heavy atom. The number of nitrogens with two attached hydrogens (primary N) is 2. The van der Waals surface area contributed by atoms with Crippen molar-refractivity contribution in [3.63, 3.8) is 0 Å². The number of amides is 4. The van der Waals surface area contributed by atoms with Crippen LogP contribution < -0.4 is 27.4 Å². The predicted molar refractivity (Wildman–Crippen MR) is 126 cm³/mol. The van der Waals surface area contributed by atoms with Gasteiger partial charge in [-0.25, -0.2) is 4.79 Å². The van der Waals surface area contributed by atoms with Crippen LogP contribution in [0.1, 0.15) is 39.2 Å². The highest BCUT2D eigenvalue weighted by atomic mass is 16.4. The van der Waals surface area contributed by atoms with Crippen molar-refractivity contribution < 1.29 is 34.2 Å². The van der Waals surface area contributed by atoms with Gasteiger partial charge in [0.2, 0.25) is 23.6 Å². The van der Waals surface area contributed by atoms with E-state index in [1.807, 2.05) is 13.8 Å². The molecule has 5 atom stereocenters. The quantitative estimate of drug-likeness (QED) is 0.160. The zero-order chi connectivity index (χ0) is 26.7. The number of aliphatic carboxylic acids is 1. The van der Waals surface area contributed by atoms with E-state index in [9.17, 15) is 34.2 Å². The maximum Gasteiger partial charge on any atom is 0.328 e. The lowest BCUT2D eigenvalue weighted by molar-refractivity contribution is -0.145. The molecule has 0 aliphatic carbocycles. The third kappa shape index (κ3) is 10.5. The van der Waals surface area contributed by atoms with Crippen LogP contribution >= 0.6 is 0 Å². The zero-order valence-electron chi connectivity index (χ0n) is 20.1. The minimum absolute atomic E-state index is 0.0587. The van der Waals surface area contributed by atoms with E-state index in [1.54, 1.807) is 30.3 Å². The van der Waals surface area contributed by atoms with Crippen LogP contribution in [0.2, 0.25) is 0 Å². The van der Waals surface area contributed by atoms with Crippen molar-refractivity contribution in [1.29, 1.82) is 0 Å². The van der Waals surface area contributed by atoms with Crippen LogP contribution in [0.4, 0.5) is 0 Å². The summed E-state index contributed by atoms with van der Waals surface area (Å²) in [5.74, 6) is -4.55. The molecule has 0 aliphatic heterocycles. The second kappa shape index (κ2) is 14.0. The first kappa shape index (κ1) is 29.5. The van der Waals surface area contributed by atoms with Gasteiger partial charge in [-0.05, 0) is 24.8 Å². The summed E-state index contributed by atoms with van der Waals surface area (Å²) in [5.41, 5.74) is 11.5. The van der Waals surface area contributed by atoms with Crippen LogP contribution in [0.15, 0.2) is 30.3 Å². The average Bonchev–Trinajstić information content (AvgIpc) is 2.75. The van der Waals surface area contributed by atoms with Crippen molar-refractivity contribution in [3.05, 3.63) is 35.9 Å². The number of hydrogen-bond donors (Lipinski definition) is 7. The molecule has 0 fully saturated rings. The smallest absolute Gasteiger partial charge is 0.328 e. The van der Waals surface area contributed by atoms with Crippen molar-refractivity contribution in [1.82, 2.24) is 16.0 Å². The third-order valence-electron chi connectivity index (χ3n) is 5.06. The number of hydrogen-bond acceptors (Lipinski definition) is 7. The lowest BCUT2D eigenvalue weighted by atomic mass is 10.00. The molecule has 1 aromatic rings. The summed E-state index contributed by atoms with van der Waals surface area (Å²) in [6.45, 7) is 4.83. The summed E-state index contributed by atoms with van der Waals surface area (Å²) in [5, 5.41) is 26.2. The Morgan fingerprint density at radius 2 is 1.43 bits per heavy atom. The Hall–Kier alpha value is -3.51. The number of carboxylic acids is 1. The Labute approximate surface area is 203 Å². The third-order valence-corrected chi connectivity index (χ3v) is 5.06. The second-order valence-electron chi connectivity index (χ2n) is 8.78. The number of carboxylic acid groups (broad SMARTS) is 1. The summed E-state index contributed by atoms with van der Waals surface area (Å²) in [7, 11) is 0. The first-order valence-electron chi connectivity index (χ1n) is 11.2. The number of carbonyl (C=O) groups is 5. The van der Waals surface area contributed by atoms with Gasteiger partial charge in [-0.3, -0.25) is 19.2 Å². The molecule has 12 nitrogen and oxygen atoms in total. The molecule has 35 heavy (non-hydrogen) atoms. The van der Waals surface area contributed by atoms with Gasteiger partial charge in [-0.2, -0.15) is 0 Å². The zero-order valence-corrected chi connectivity index (χ0v) is 20.1. The van der Waals surface area contributed by atoms with Crippen molar-refractivity contribution >= 4 is 29.6 Å². The van der Waals surface area contributed by atoms with Gasteiger partial charge in [-0.15, -0.1) is 0 Å². The van der Waals surface area contributed by atoms with Crippen molar-refractivity contribution in [2.75, 3.05) is 0 Å². The molecule has 0 bridgehead atoms. The van der Waals surface area contributed by atoms with E-state index in [-0.39, 0.29) is 18.8 Å². The van der Waals surface area contributed by atoms with E-state index >= 15 is 0 Å². The van der Waals surface area contributed by atoms with E-state index in [4.69, 9.17) is 11.5 Å². The van der Waals surface area contributed by atoms with Crippen molar-refractivity contribution in [2.45, 2.75) is 70.3 Å². The summed E-state index contributed by atoms with van der Waals surface area (Å²) in [6.07, 6.45) is -1.57. The molecule has 9 N–H and O–H groups in total. The van der Waals surface area contributed by atoms with E-state index in [2.05, 4.69) is 16.0 Å². The molecule has 0 aliphatic rings. The molecule has 0 spiro atoms. The molecule has 0 radical (unpaired) electrons. The Morgan fingerprint density at radius 1 is 0.886 bits per heavy atom. The fourth-order valence-corrected chi connectivity index (χ4v) is 3.27. The standard InChI is InChI=1S/C23H35N5O7/c1-12(2)9-16(22(33)28-19(13(3)29)23(34)35)27-21(32)17(10-14-7-5-4-6-8-14)26-20(31)15(24)11-18(25)30/h4-8,12-13,15-17,19,29H,9-11,24H2,1-3H3,(H2,25,30)(H,26,31)(H,27,32)(H,28,33)(H,34,35). The van der Waals surface area contributed by atoms with Gasteiger partial charge in [0.1, 0.15) is 12.1 Å². The van der Waals surface area contributed by atoms with Gasteiger partial charge in [0.05, 0.1) is 18.6 Å². The van der Waals surface area contributed by atoms with Crippen LogP contribution in [0, 0.1) is 5.92 Å². The number of primary amides is 1. The Kier molecular flexibility index (Phi) is 11.8. The van der Waals surface area contributed by atoms with Crippen molar-refractivity contribution in [2.24, 2.45) is 17.4 Å². The fourth-order valence-electron chi connectivity index (χ4n) is 3.27. The molecular weight excluding hydrogens is 458 g/mol. The summed E-state index contributed by atoms with van der Waals surface area (Å²) >= 11 is 0. The van der Waals surface area contributed by atoms with Gasteiger partial charge in [0.25, 0.3) is 0 Å². The average molecular weight is 494 g/mol. The molecule has 5 unspecified atom stereocenters. The number of benzene rings is 1. The lowest BCUT2D eigenvalue weighted by Gasteiger charge is -2.26. The molecule has 194 valence electrons. The molecule has 4 amide bonds. The molecule has 1 aromatic carbocycles. The lowest BCUT2D eigenvalue weighted by Crippen LogP contribution is -2.59. The fraction of sp³-hybridized carbons (Fsp3) is 0.522. The van der Waals surface area contributed by atoms with E-state index in [1.165, 1.54) is 6.92 Å². The van der Waals surface area contributed by atoms with Gasteiger partial charge >= 0.3 is 5.97 Å². The topological polar surface area (TPSA) is 214 Å². The van der Waals surface area contributed by atoms with Crippen LogP contribution in [0.5, 0.6) is 0 Å². The van der Waals surface area contributed by atoms with E-state index in [0.717, 1.165) is 0 Å². The second-order valence-corrected chi connectivity index (χ2v) is 8.78. The molecule has 0 heterocycles. The van der Waals surface area contributed by atoms with Crippen molar-refractivity contribution in [3.8, 4) is 0 Å². The van der Waals surface area contributed by atoms with Gasteiger partial charge in [-0.1, -0.05) is 44.2 Å². The number of aliphatic hydroxyl groups is 1. The van der Waals surface area contributed by atoms with Crippen LogP contribution in [0.3, 0.4) is 0 Å². The first-order chi connectivity index (χ1) is 16.3. The summed E-state index contributed by atoms with van der Waals surface area (Å²) in [6, 6.07) is 3.64. The molecule has 1 rings (SSSR count). The number of rotatable bonds is 14. The van der Waals surface area contributed by atoms with Gasteiger partial charge in [0, 0.05) is 6.42 Å². The van der Waals surface area contributed by atoms with E-state index in [0.29, 0.717) is 5.56 Å². The number of aliphatic hydroxyl groups excluding tert-OH is 1. The summed E-state index contributed by atoms with van der Waals surface area (Å²) < 4.78 is 0. The highest BCUT2D eigenvalue weighted by Crippen LogP contribution is 2.09. The maximum atomic E-state index is 13.2. The number of nitrogens with one attached hydrogen (secondary N) is 3.